The Hall–Kier alpha value is -2.23. The summed E-state index contributed by atoms with van der Waals surface area (Å²) in [5.74, 6) is 1.60. The Bertz CT molecular complexity index is 646. The third-order valence-corrected chi connectivity index (χ3v) is 3.16. The smallest absolute Gasteiger partial charge is 0.188 e. The second-order valence-corrected chi connectivity index (χ2v) is 4.24. The minimum atomic E-state index is 0.0171. The SMILES string of the molecule is COc1ccc2c(c1)Cc1[nH]ccc(=O)c1CO2. The van der Waals surface area contributed by atoms with E-state index in [1.54, 1.807) is 13.3 Å². The Morgan fingerprint density at radius 2 is 2.22 bits per heavy atom. The standard InChI is InChI=1S/C14H13NO3/c1-17-10-2-3-14-9(6-10)7-12-11(8-18-14)13(16)4-5-15-12/h2-6H,7-8H2,1H3,(H,15,16). The van der Waals surface area contributed by atoms with E-state index in [1.807, 2.05) is 18.2 Å². The quantitative estimate of drug-likeness (QED) is 0.831. The summed E-state index contributed by atoms with van der Waals surface area (Å²) in [6.07, 6.45) is 2.32. The number of ether oxygens (including phenoxy) is 2. The molecule has 92 valence electrons. The van der Waals surface area contributed by atoms with Crippen molar-refractivity contribution in [2.24, 2.45) is 0 Å². The molecule has 1 N–H and O–H groups in total. The predicted molar refractivity (Wildman–Crippen MR) is 67.2 cm³/mol. The average Bonchev–Trinajstić information content (AvgIpc) is 2.57. The molecule has 18 heavy (non-hydrogen) atoms. The lowest BCUT2D eigenvalue weighted by atomic mass is 10.1. The molecule has 1 aliphatic heterocycles. The van der Waals surface area contributed by atoms with Gasteiger partial charge in [-0.2, -0.15) is 0 Å². The summed E-state index contributed by atoms with van der Waals surface area (Å²) in [6.45, 7) is 0.310. The number of methoxy groups -OCH3 is 1. The van der Waals surface area contributed by atoms with Crippen LogP contribution in [0, 0.1) is 0 Å². The van der Waals surface area contributed by atoms with Gasteiger partial charge in [0.1, 0.15) is 18.1 Å². The van der Waals surface area contributed by atoms with Crippen molar-refractivity contribution in [1.29, 1.82) is 0 Å². The van der Waals surface area contributed by atoms with E-state index in [2.05, 4.69) is 4.98 Å². The Labute approximate surface area is 104 Å². The highest BCUT2D eigenvalue weighted by Gasteiger charge is 2.17. The summed E-state index contributed by atoms with van der Waals surface area (Å²) in [6, 6.07) is 7.20. The monoisotopic (exact) mass is 243 g/mol. The van der Waals surface area contributed by atoms with Crippen molar-refractivity contribution in [2.45, 2.75) is 13.0 Å². The third kappa shape index (κ3) is 1.76. The van der Waals surface area contributed by atoms with E-state index in [-0.39, 0.29) is 5.43 Å². The van der Waals surface area contributed by atoms with Gasteiger partial charge in [-0.05, 0) is 18.2 Å². The Morgan fingerprint density at radius 3 is 3.06 bits per heavy atom. The summed E-state index contributed by atoms with van der Waals surface area (Å²) in [5.41, 5.74) is 2.65. The van der Waals surface area contributed by atoms with E-state index in [4.69, 9.17) is 9.47 Å². The molecule has 1 aromatic heterocycles. The second kappa shape index (κ2) is 4.22. The van der Waals surface area contributed by atoms with E-state index >= 15 is 0 Å². The number of aromatic nitrogens is 1. The van der Waals surface area contributed by atoms with Gasteiger partial charge in [-0.3, -0.25) is 4.79 Å². The van der Waals surface area contributed by atoms with Gasteiger partial charge < -0.3 is 14.5 Å². The van der Waals surface area contributed by atoms with Crippen LogP contribution in [-0.4, -0.2) is 12.1 Å². The first-order valence-corrected chi connectivity index (χ1v) is 5.77. The normalized spacial score (nSPS) is 12.9. The van der Waals surface area contributed by atoms with Gasteiger partial charge in [0.25, 0.3) is 0 Å². The van der Waals surface area contributed by atoms with Crippen LogP contribution < -0.4 is 14.9 Å². The zero-order valence-corrected chi connectivity index (χ0v) is 10.0. The third-order valence-electron chi connectivity index (χ3n) is 3.16. The van der Waals surface area contributed by atoms with Gasteiger partial charge in [0.2, 0.25) is 0 Å². The van der Waals surface area contributed by atoms with Crippen molar-refractivity contribution >= 4 is 0 Å². The summed E-state index contributed by atoms with van der Waals surface area (Å²) >= 11 is 0. The second-order valence-electron chi connectivity index (χ2n) is 4.24. The Kier molecular flexibility index (Phi) is 2.55. The lowest BCUT2D eigenvalue weighted by molar-refractivity contribution is 0.305. The van der Waals surface area contributed by atoms with E-state index in [0.717, 1.165) is 22.8 Å². The number of fused-ring (bicyclic) bond motifs is 2. The molecule has 0 unspecified atom stereocenters. The summed E-state index contributed by atoms with van der Waals surface area (Å²) in [7, 11) is 1.63. The fourth-order valence-corrected chi connectivity index (χ4v) is 2.17. The van der Waals surface area contributed by atoms with E-state index in [0.29, 0.717) is 18.6 Å². The number of hydrogen-bond acceptors (Lipinski definition) is 3. The molecule has 0 saturated heterocycles. The summed E-state index contributed by atoms with van der Waals surface area (Å²) in [5, 5.41) is 0. The minimum Gasteiger partial charge on any atom is -0.497 e. The van der Waals surface area contributed by atoms with Crippen LogP contribution in [0.25, 0.3) is 0 Å². The first-order valence-electron chi connectivity index (χ1n) is 5.77. The number of aromatic amines is 1. The molecule has 4 nitrogen and oxygen atoms in total. The van der Waals surface area contributed by atoms with Crippen LogP contribution in [0.1, 0.15) is 16.8 Å². The molecule has 0 bridgehead atoms. The van der Waals surface area contributed by atoms with Crippen LogP contribution in [0.3, 0.4) is 0 Å². The topological polar surface area (TPSA) is 51.3 Å². The van der Waals surface area contributed by atoms with Gasteiger partial charge in [-0.1, -0.05) is 0 Å². The molecule has 0 radical (unpaired) electrons. The van der Waals surface area contributed by atoms with Crippen LogP contribution in [0.15, 0.2) is 35.3 Å². The molecule has 0 amide bonds. The van der Waals surface area contributed by atoms with Crippen molar-refractivity contribution in [1.82, 2.24) is 4.98 Å². The maximum Gasteiger partial charge on any atom is 0.188 e. The van der Waals surface area contributed by atoms with Gasteiger partial charge >= 0.3 is 0 Å². The molecule has 0 spiro atoms. The predicted octanol–water partition coefficient (Wildman–Crippen LogP) is 1.87. The van der Waals surface area contributed by atoms with E-state index < -0.39 is 0 Å². The highest BCUT2D eigenvalue weighted by atomic mass is 16.5. The van der Waals surface area contributed by atoms with Crippen molar-refractivity contribution in [3.05, 3.63) is 57.5 Å². The molecule has 3 rings (SSSR count). The van der Waals surface area contributed by atoms with E-state index in [1.165, 1.54) is 6.07 Å². The first kappa shape index (κ1) is 10.9. The molecule has 1 aliphatic rings. The first-order chi connectivity index (χ1) is 8.78. The largest absolute Gasteiger partial charge is 0.497 e. The van der Waals surface area contributed by atoms with Crippen LogP contribution in [-0.2, 0) is 13.0 Å². The highest BCUT2D eigenvalue weighted by molar-refractivity contribution is 5.44. The number of rotatable bonds is 1. The van der Waals surface area contributed by atoms with Crippen molar-refractivity contribution < 1.29 is 9.47 Å². The molecular formula is C14H13NO3. The zero-order valence-electron chi connectivity index (χ0n) is 10.0. The number of hydrogen-bond donors (Lipinski definition) is 1. The molecule has 0 atom stereocenters. The molecule has 0 fully saturated rings. The minimum absolute atomic E-state index is 0.0171. The zero-order chi connectivity index (χ0) is 12.5. The molecular weight excluding hydrogens is 230 g/mol. The van der Waals surface area contributed by atoms with Gasteiger partial charge in [-0.15, -0.1) is 0 Å². The lowest BCUT2D eigenvalue weighted by Gasteiger charge is -2.08. The van der Waals surface area contributed by atoms with Crippen LogP contribution in [0.5, 0.6) is 11.5 Å². The molecule has 2 aromatic rings. The summed E-state index contributed by atoms with van der Waals surface area (Å²) in [4.78, 5) is 14.9. The number of benzene rings is 1. The van der Waals surface area contributed by atoms with E-state index in [9.17, 15) is 4.79 Å². The molecule has 0 saturated carbocycles. The maximum atomic E-state index is 11.8. The molecule has 0 aliphatic carbocycles. The average molecular weight is 243 g/mol. The molecule has 1 aromatic carbocycles. The Balaban J connectivity index is 2.10. The fraction of sp³-hybridized carbons (Fsp3) is 0.214. The summed E-state index contributed by atoms with van der Waals surface area (Å²) < 4.78 is 10.9. The van der Waals surface area contributed by atoms with Gasteiger partial charge in [-0.25, -0.2) is 0 Å². The van der Waals surface area contributed by atoms with Crippen molar-refractivity contribution in [3.8, 4) is 11.5 Å². The van der Waals surface area contributed by atoms with Gasteiger partial charge in [0.05, 0.1) is 12.7 Å². The van der Waals surface area contributed by atoms with Crippen molar-refractivity contribution in [2.75, 3.05) is 7.11 Å². The molecule has 2 heterocycles. The van der Waals surface area contributed by atoms with Gasteiger partial charge in [0, 0.05) is 29.9 Å². The lowest BCUT2D eigenvalue weighted by Crippen LogP contribution is -2.13. The van der Waals surface area contributed by atoms with Gasteiger partial charge in [0.15, 0.2) is 5.43 Å². The maximum absolute atomic E-state index is 11.8. The molecule has 4 heteroatoms. The van der Waals surface area contributed by atoms with Crippen LogP contribution in [0.2, 0.25) is 0 Å². The van der Waals surface area contributed by atoms with Crippen LogP contribution in [0.4, 0.5) is 0 Å². The number of pyridine rings is 1. The number of nitrogens with one attached hydrogen (secondary N) is 1. The van der Waals surface area contributed by atoms with Crippen molar-refractivity contribution in [3.63, 3.8) is 0 Å². The highest BCUT2D eigenvalue weighted by Crippen LogP contribution is 2.29. The number of H-pyrrole nitrogens is 1. The van der Waals surface area contributed by atoms with Crippen LogP contribution >= 0.6 is 0 Å². The Morgan fingerprint density at radius 1 is 1.33 bits per heavy atom. The fourth-order valence-electron chi connectivity index (χ4n) is 2.17.